The molecule has 0 bridgehead atoms. The van der Waals surface area contributed by atoms with Crippen LogP contribution in [0.3, 0.4) is 0 Å². The van der Waals surface area contributed by atoms with Gasteiger partial charge >= 0.3 is 0 Å². The van der Waals surface area contributed by atoms with E-state index in [0.717, 1.165) is 11.3 Å². The average Bonchev–Trinajstić information content (AvgIpc) is 2.50. The molecular weight excluding hydrogens is 282 g/mol. The Hall–Kier alpha value is -1.75. The van der Waals surface area contributed by atoms with Gasteiger partial charge in [-0.2, -0.15) is 0 Å². The summed E-state index contributed by atoms with van der Waals surface area (Å²) in [5, 5.41) is 13.3. The Labute approximate surface area is 131 Å². The van der Waals surface area contributed by atoms with Crippen molar-refractivity contribution < 1.29 is 5.11 Å². The van der Waals surface area contributed by atoms with Crippen LogP contribution in [-0.4, -0.2) is 16.3 Å². The molecule has 2 rings (SSSR count). The number of thiocarbonyl (C=S) groups is 1. The van der Waals surface area contributed by atoms with Crippen molar-refractivity contribution >= 4 is 23.0 Å². The summed E-state index contributed by atoms with van der Waals surface area (Å²) in [6.07, 6.45) is 8.23. The molecule has 4 nitrogen and oxygen atoms in total. The standard InChI is InChI=1S/C16H23N3OS/c1-2-15(12-8-10-14(20)11-9-12)18-19-16(21)17-13-6-4-3-5-7-13/h2,8-11,13,18,20H,3-7H2,1H3,(H2,17,19,21)/b15-2+. The third-order valence-electron chi connectivity index (χ3n) is 3.72. The van der Waals surface area contributed by atoms with Crippen LogP contribution in [0.1, 0.15) is 44.6 Å². The Bertz CT molecular complexity index is 493. The van der Waals surface area contributed by atoms with Crippen LogP contribution in [0.2, 0.25) is 0 Å². The minimum atomic E-state index is 0.261. The maximum absolute atomic E-state index is 9.33. The second-order valence-electron chi connectivity index (χ2n) is 5.31. The van der Waals surface area contributed by atoms with E-state index >= 15 is 0 Å². The predicted molar refractivity (Wildman–Crippen MR) is 90.6 cm³/mol. The van der Waals surface area contributed by atoms with Gasteiger partial charge in [-0.1, -0.05) is 25.3 Å². The third-order valence-corrected chi connectivity index (χ3v) is 3.94. The van der Waals surface area contributed by atoms with Gasteiger partial charge < -0.3 is 10.4 Å². The molecule has 1 aromatic carbocycles. The summed E-state index contributed by atoms with van der Waals surface area (Å²) < 4.78 is 0. The number of nitrogens with one attached hydrogen (secondary N) is 3. The fourth-order valence-corrected chi connectivity index (χ4v) is 2.76. The Morgan fingerprint density at radius 2 is 1.81 bits per heavy atom. The quantitative estimate of drug-likeness (QED) is 0.509. The molecule has 0 unspecified atom stereocenters. The first-order chi connectivity index (χ1) is 10.2. The highest BCUT2D eigenvalue weighted by Crippen LogP contribution is 2.17. The lowest BCUT2D eigenvalue weighted by Crippen LogP contribution is -2.47. The summed E-state index contributed by atoms with van der Waals surface area (Å²) in [6.45, 7) is 1.95. The molecule has 1 aliphatic rings. The fourth-order valence-electron chi connectivity index (χ4n) is 2.54. The molecule has 4 N–H and O–H groups in total. The number of aromatic hydroxyl groups is 1. The van der Waals surface area contributed by atoms with Gasteiger partial charge in [0.2, 0.25) is 0 Å². The predicted octanol–water partition coefficient (Wildman–Crippen LogP) is 3.05. The Balaban J connectivity index is 1.82. The summed E-state index contributed by atoms with van der Waals surface area (Å²) in [5.74, 6) is 0.261. The van der Waals surface area contributed by atoms with Crippen molar-refractivity contribution in [3.05, 3.63) is 35.9 Å². The van der Waals surface area contributed by atoms with E-state index in [0.29, 0.717) is 11.2 Å². The molecule has 1 fully saturated rings. The molecule has 1 saturated carbocycles. The topological polar surface area (TPSA) is 56.3 Å². The normalized spacial score (nSPS) is 16.3. The van der Waals surface area contributed by atoms with E-state index in [1.165, 1.54) is 32.1 Å². The van der Waals surface area contributed by atoms with E-state index < -0.39 is 0 Å². The zero-order chi connectivity index (χ0) is 15.1. The second kappa shape index (κ2) is 7.88. The number of phenols is 1. The smallest absolute Gasteiger partial charge is 0.185 e. The number of rotatable bonds is 4. The lowest BCUT2D eigenvalue weighted by atomic mass is 9.96. The van der Waals surface area contributed by atoms with Crippen molar-refractivity contribution in [3.63, 3.8) is 0 Å². The zero-order valence-electron chi connectivity index (χ0n) is 12.4. The van der Waals surface area contributed by atoms with Crippen LogP contribution in [0, 0.1) is 0 Å². The largest absolute Gasteiger partial charge is 0.508 e. The minimum absolute atomic E-state index is 0.261. The van der Waals surface area contributed by atoms with Crippen molar-refractivity contribution in [2.45, 2.75) is 45.1 Å². The number of phenolic OH excluding ortho intramolecular Hbond substituents is 1. The van der Waals surface area contributed by atoms with Crippen molar-refractivity contribution in [2.24, 2.45) is 0 Å². The summed E-state index contributed by atoms with van der Waals surface area (Å²) in [4.78, 5) is 0. The van der Waals surface area contributed by atoms with Gasteiger partial charge in [0.15, 0.2) is 5.11 Å². The van der Waals surface area contributed by atoms with Gasteiger partial charge in [-0.3, -0.25) is 10.9 Å². The molecule has 0 saturated heterocycles. The van der Waals surface area contributed by atoms with Crippen molar-refractivity contribution in [1.29, 1.82) is 0 Å². The first-order valence-corrected chi connectivity index (χ1v) is 7.88. The highest BCUT2D eigenvalue weighted by molar-refractivity contribution is 7.80. The molecule has 0 amide bonds. The van der Waals surface area contributed by atoms with E-state index in [2.05, 4.69) is 16.2 Å². The Morgan fingerprint density at radius 3 is 2.43 bits per heavy atom. The highest BCUT2D eigenvalue weighted by Gasteiger charge is 2.13. The third kappa shape index (κ3) is 4.93. The lowest BCUT2D eigenvalue weighted by Gasteiger charge is -2.25. The maximum atomic E-state index is 9.33. The molecule has 1 aromatic rings. The number of hydrogen-bond acceptors (Lipinski definition) is 3. The van der Waals surface area contributed by atoms with Crippen LogP contribution in [0.15, 0.2) is 30.3 Å². The molecule has 114 valence electrons. The maximum Gasteiger partial charge on any atom is 0.185 e. The van der Waals surface area contributed by atoms with E-state index in [1.807, 2.05) is 25.1 Å². The highest BCUT2D eigenvalue weighted by atomic mass is 32.1. The summed E-state index contributed by atoms with van der Waals surface area (Å²) in [7, 11) is 0. The van der Waals surface area contributed by atoms with Crippen LogP contribution in [0.25, 0.3) is 5.70 Å². The number of hydrogen-bond donors (Lipinski definition) is 4. The first-order valence-electron chi connectivity index (χ1n) is 7.47. The molecule has 1 aliphatic carbocycles. The van der Waals surface area contributed by atoms with E-state index in [4.69, 9.17) is 12.2 Å². The van der Waals surface area contributed by atoms with Gasteiger partial charge in [-0.05, 0) is 61.8 Å². The summed E-state index contributed by atoms with van der Waals surface area (Å²) >= 11 is 5.32. The van der Waals surface area contributed by atoms with Crippen LogP contribution in [0.5, 0.6) is 5.75 Å². The minimum Gasteiger partial charge on any atom is -0.508 e. The van der Waals surface area contributed by atoms with Gasteiger partial charge in [0, 0.05) is 6.04 Å². The van der Waals surface area contributed by atoms with Gasteiger partial charge in [0.1, 0.15) is 5.75 Å². The van der Waals surface area contributed by atoms with Crippen LogP contribution in [0.4, 0.5) is 0 Å². The van der Waals surface area contributed by atoms with Crippen LogP contribution < -0.4 is 16.2 Å². The molecule has 0 radical (unpaired) electrons. The van der Waals surface area contributed by atoms with Crippen LogP contribution >= 0.6 is 12.2 Å². The second-order valence-corrected chi connectivity index (χ2v) is 5.72. The molecule has 0 atom stereocenters. The molecule has 0 aliphatic heterocycles. The molecule has 0 spiro atoms. The van der Waals surface area contributed by atoms with Crippen LogP contribution in [-0.2, 0) is 0 Å². The summed E-state index contributed by atoms with van der Waals surface area (Å²) in [6, 6.07) is 7.54. The fraction of sp³-hybridized carbons (Fsp3) is 0.438. The number of allylic oxidation sites excluding steroid dienone is 1. The van der Waals surface area contributed by atoms with Gasteiger partial charge in [-0.25, -0.2) is 0 Å². The number of benzene rings is 1. The number of hydrazine groups is 1. The molecule has 0 aromatic heterocycles. The lowest BCUT2D eigenvalue weighted by molar-refractivity contribution is 0.411. The van der Waals surface area contributed by atoms with Crippen molar-refractivity contribution in [3.8, 4) is 5.75 Å². The first kappa shape index (κ1) is 15.6. The monoisotopic (exact) mass is 305 g/mol. The van der Waals surface area contributed by atoms with Gasteiger partial charge in [0.25, 0.3) is 0 Å². The Morgan fingerprint density at radius 1 is 1.14 bits per heavy atom. The molecule has 5 heteroatoms. The van der Waals surface area contributed by atoms with Gasteiger partial charge in [-0.15, -0.1) is 0 Å². The van der Waals surface area contributed by atoms with E-state index in [1.54, 1.807) is 12.1 Å². The van der Waals surface area contributed by atoms with Crippen molar-refractivity contribution in [1.82, 2.24) is 16.2 Å². The van der Waals surface area contributed by atoms with E-state index in [-0.39, 0.29) is 5.75 Å². The molecular formula is C16H23N3OS. The zero-order valence-corrected chi connectivity index (χ0v) is 13.2. The summed E-state index contributed by atoms with van der Waals surface area (Å²) in [5.41, 5.74) is 8.06. The molecule has 0 heterocycles. The Kier molecular flexibility index (Phi) is 5.87. The van der Waals surface area contributed by atoms with Crippen molar-refractivity contribution in [2.75, 3.05) is 0 Å². The van der Waals surface area contributed by atoms with E-state index in [9.17, 15) is 5.11 Å². The molecule has 21 heavy (non-hydrogen) atoms. The SMILES string of the molecule is C/C=C(/NNC(=S)NC1CCCCC1)c1ccc(O)cc1. The van der Waals surface area contributed by atoms with Gasteiger partial charge in [0.05, 0.1) is 5.70 Å². The average molecular weight is 305 g/mol.